The van der Waals surface area contributed by atoms with Gasteiger partial charge in [-0.1, -0.05) is 23.5 Å². The molecule has 3 nitrogen and oxygen atoms in total. The monoisotopic (exact) mass is 212 g/mol. The zero-order valence-corrected chi connectivity index (χ0v) is 8.42. The van der Waals surface area contributed by atoms with Crippen molar-refractivity contribution >= 4 is 29.3 Å². The number of nitrogens with zero attached hydrogens (tertiary/aromatic N) is 2. The average Bonchev–Trinajstić information content (AvgIpc) is 2.21. The Bertz CT molecular complexity index is 271. The van der Waals surface area contributed by atoms with E-state index in [2.05, 4.69) is 22.4 Å². The Morgan fingerprint density at radius 1 is 1.69 bits per heavy atom. The molecule has 0 aliphatic rings. The molecule has 1 unspecified atom stereocenters. The number of nitroso groups, excluding NO2 is 1. The van der Waals surface area contributed by atoms with Crippen molar-refractivity contribution in [2.45, 2.75) is 11.1 Å². The summed E-state index contributed by atoms with van der Waals surface area (Å²) in [7, 11) is 0. The summed E-state index contributed by atoms with van der Waals surface area (Å²) < 4.78 is 0. The van der Waals surface area contributed by atoms with Gasteiger partial charge in [0.05, 0.1) is 5.03 Å². The van der Waals surface area contributed by atoms with Crippen molar-refractivity contribution < 1.29 is 0 Å². The molecule has 0 radical (unpaired) electrons. The van der Waals surface area contributed by atoms with Gasteiger partial charge in [-0.2, -0.15) is 4.91 Å². The molecule has 68 valence electrons. The van der Waals surface area contributed by atoms with E-state index in [4.69, 9.17) is 0 Å². The van der Waals surface area contributed by atoms with Crippen LogP contribution in [0.4, 0.5) is 0 Å². The van der Waals surface area contributed by atoms with Crippen molar-refractivity contribution in [2.24, 2.45) is 5.18 Å². The number of thioether (sulfide) groups is 1. The van der Waals surface area contributed by atoms with Crippen LogP contribution in [0.5, 0.6) is 0 Å². The minimum atomic E-state index is -0.401. The minimum absolute atomic E-state index is 0.401. The molecule has 0 aliphatic heterocycles. The fourth-order valence-electron chi connectivity index (χ4n) is 0.698. The highest BCUT2D eigenvalue weighted by Crippen LogP contribution is 2.15. The van der Waals surface area contributed by atoms with Crippen molar-refractivity contribution in [1.82, 2.24) is 4.98 Å². The summed E-state index contributed by atoms with van der Waals surface area (Å²) in [5, 5.41) is 5.12. The quantitative estimate of drug-likeness (QED) is 0.427. The van der Waals surface area contributed by atoms with Gasteiger partial charge in [0.1, 0.15) is 6.04 Å². The highest BCUT2D eigenvalue weighted by atomic mass is 32.2. The molecule has 1 aromatic heterocycles. The SMILES string of the molecule is O=NC(C=S)CSc1ccccn1. The molecule has 0 fully saturated rings. The normalized spacial score (nSPS) is 12.0. The summed E-state index contributed by atoms with van der Waals surface area (Å²) >= 11 is 6.11. The predicted octanol–water partition coefficient (Wildman–Crippen LogP) is 2.31. The van der Waals surface area contributed by atoms with E-state index >= 15 is 0 Å². The lowest BCUT2D eigenvalue weighted by molar-refractivity contribution is 1.00. The van der Waals surface area contributed by atoms with Gasteiger partial charge < -0.3 is 0 Å². The van der Waals surface area contributed by atoms with Gasteiger partial charge in [-0.15, -0.1) is 11.8 Å². The van der Waals surface area contributed by atoms with Gasteiger partial charge in [-0.3, -0.25) is 0 Å². The van der Waals surface area contributed by atoms with E-state index in [1.165, 1.54) is 17.1 Å². The molecule has 0 spiro atoms. The molecule has 0 N–H and O–H groups in total. The standard InChI is InChI=1S/C8H8N2OS2/c11-10-7(5-12)6-13-8-3-1-2-4-9-8/h1-5,7H,6H2. The van der Waals surface area contributed by atoms with Crippen LogP contribution in [0.3, 0.4) is 0 Å². The summed E-state index contributed by atoms with van der Waals surface area (Å²) in [5.74, 6) is 0.560. The number of rotatable bonds is 5. The Labute approximate surface area is 85.9 Å². The van der Waals surface area contributed by atoms with E-state index < -0.39 is 6.04 Å². The predicted molar refractivity (Wildman–Crippen MR) is 58.2 cm³/mol. The van der Waals surface area contributed by atoms with Crippen LogP contribution in [-0.4, -0.2) is 22.1 Å². The fourth-order valence-corrected chi connectivity index (χ4v) is 1.77. The third-order valence-electron chi connectivity index (χ3n) is 1.33. The lowest BCUT2D eigenvalue weighted by Gasteiger charge is -2.00. The second kappa shape index (κ2) is 5.77. The average molecular weight is 212 g/mol. The Balaban J connectivity index is 2.42. The van der Waals surface area contributed by atoms with Crippen LogP contribution in [0.15, 0.2) is 34.6 Å². The molecule has 5 heteroatoms. The summed E-state index contributed by atoms with van der Waals surface area (Å²) in [4.78, 5) is 14.3. The summed E-state index contributed by atoms with van der Waals surface area (Å²) in [6, 6.07) is 5.23. The van der Waals surface area contributed by atoms with E-state index in [-0.39, 0.29) is 0 Å². The van der Waals surface area contributed by atoms with Crippen molar-refractivity contribution in [1.29, 1.82) is 0 Å². The molecule has 0 saturated carbocycles. The highest BCUT2D eigenvalue weighted by Gasteiger charge is 2.04. The van der Waals surface area contributed by atoms with Crippen molar-refractivity contribution in [2.75, 3.05) is 5.75 Å². The number of pyridine rings is 1. The lowest BCUT2D eigenvalue weighted by Crippen LogP contribution is -2.06. The molecule has 1 aromatic rings. The fraction of sp³-hybridized carbons (Fsp3) is 0.250. The van der Waals surface area contributed by atoms with E-state index in [1.54, 1.807) is 6.20 Å². The molecular formula is C8H8N2OS2. The maximum atomic E-state index is 10.2. The Morgan fingerprint density at radius 2 is 2.54 bits per heavy atom. The first-order valence-electron chi connectivity index (χ1n) is 3.68. The number of thiocarbonyl (C=S) groups is 1. The molecule has 1 heterocycles. The third-order valence-corrected chi connectivity index (χ3v) is 2.69. The number of aromatic nitrogens is 1. The van der Waals surface area contributed by atoms with Gasteiger partial charge in [-0.25, -0.2) is 4.98 Å². The minimum Gasteiger partial charge on any atom is -0.250 e. The molecule has 13 heavy (non-hydrogen) atoms. The van der Waals surface area contributed by atoms with Crippen LogP contribution >= 0.6 is 24.0 Å². The molecule has 1 rings (SSSR count). The zero-order valence-electron chi connectivity index (χ0n) is 6.79. The maximum absolute atomic E-state index is 10.2. The van der Waals surface area contributed by atoms with Gasteiger partial charge in [-0.05, 0) is 12.1 Å². The first-order chi connectivity index (χ1) is 6.36. The van der Waals surface area contributed by atoms with Gasteiger partial charge in [0.25, 0.3) is 0 Å². The third kappa shape index (κ3) is 3.61. The molecule has 0 bridgehead atoms. The summed E-state index contributed by atoms with van der Waals surface area (Å²) in [5.41, 5.74) is 0. The molecule has 1 atom stereocenters. The Morgan fingerprint density at radius 3 is 3.08 bits per heavy atom. The number of hydrogen-bond acceptors (Lipinski definition) is 5. The van der Waals surface area contributed by atoms with E-state index in [0.717, 1.165) is 5.03 Å². The van der Waals surface area contributed by atoms with Crippen LogP contribution in [0.2, 0.25) is 0 Å². The second-order valence-corrected chi connectivity index (χ2v) is 3.60. The number of hydrogen-bond donors (Lipinski definition) is 0. The topological polar surface area (TPSA) is 42.3 Å². The molecule has 0 aromatic carbocycles. The molecule has 0 aliphatic carbocycles. The second-order valence-electron chi connectivity index (χ2n) is 2.29. The van der Waals surface area contributed by atoms with E-state index in [1.807, 2.05) is 18.2 Å². The van der Waals surface area contributed by atoms with Crippen molar-refractivity contribution in [3.05, 3.63) is 29.3 Å². The van der Waals surface area contributed by atoms with Crippen LogP contribution in [0.1, 0.15) is 0 Å². The van der Waals surface area contributed by atoms with Gasteiger partial charge in [0.15, 0.2) is 0 Å². The van der Waals surface area contributed by atoms with Crippen molar-refractivity contribution in [3.8, 4) is 0 Å². The Hall–Kier alpha value is -0.810. The largest absolute Gasteiger partial charge is 0.250 e. The molecule has 0 saturated heterocycles. The van der Waals surface area contributed by atoms with Crippen LogP contribution in [-0.2, 0) is 0 Å². The van der Waals surface area contributed by atoms with Crippen LogP contribution in [0.25, 0.3) is 0 Å². The smallest absolute Gasteiger partial charge is 0.129 e. The Kier molecular flexibility index (Phi) is 4.56. The van der Waals surface area contributed by atoms with Crippen molar-refractivity contribution in [3.63, 3.8) is 0 Å². The van der Waals surface area contributed by atoms with Gasteiger partial charge in [0.2, 0.25) is 0 Å². The van der Waals surface area contributed by atoms with E-state index in [0.29, 0.717) is 5.75 Å². The highest BCUT2D eigenvalue weighted by molar-refractivity contribution is 7.99. The zero-order chi connectivity index (χ0) is 9.52. The maximum Gasteiger partial charge on any atom is 0.129 e. The van der Waals surface area contributed by atoms with E-state index in [9.17, 15) is 4.91 Å². The van der Waals surface area contributed by atoms with Gasteiger partial charge in [0, 0.05) is 17.3 Å². The summed E-state index contributed by atoms with van der Waals surface area (Å²) in [6.07, 6.45) is 1.71. The van der Waals surface area contributed by atoms with Crippen LogP contribution in [0, 0.1) is 4.91 Å². The molecular weight excluding hydrogens is 204 g/mol. The first-order valence-corrected chi connectivity index (χ1v) is 5.14. The first kappa shape index (κ1) is 10.3. The summed E-state index contributed by atoms with van der Waals surface area (Å²) in [6.45, 7) is 0. The van der Waals surface area contributed by atoms with Crippen LogP contribution < -0.4 is 0 Å². The lowest BCUT2D eigenvalue weighted by atomic mass is 10.4. The molecule has 0 amide bonds. The van der Waals surface area contributed by atoms with Gasteiger partial charge >= 0.3 is 0 Å².